The molecule has 7 heteroatoms. The van der Waals surface area contributed by atoms with Crippen molar-refractivity contribution in [1.82, 2.24) is 29.9 Å². The van der Waals surface area contributed by atoms with Gasteiger partial charge >= 0.3 is 0 Å². The lowest BCUT2D eigenvalue weighted by molar-refractivity contribution is 0.0955. The van der Waals surface area contributed by atoms with Crippen LogP contribution in [0, 0.1) is 0 Å². The number of hydrogen-bond acceptors (Lipinski definition) is 4. The lowest BCUT2D eigenvalue weighted by Gasteiger charge is -2.11. The smallest absolute Gasteiger partial charge is 0.252 e. The molecule has 0 saturated carbocycles. The summed E-state index contributed by atoms with van der Waals surface area (Å²) in [5.41, 5.74) is 5.07. The number of aromatic nitrogens is 5. The van der Waals surface area contributed by atoms with Gasteiger partial charge in [0.15, 0.2) is 5.65 Å². The van der Waals surface area contributed by atoms with Crippen LogP contribution in [0.2, 0.25) is 0 Å². The van der Waals surface area contributed by atoms with Gasteiger partial charge in [0, 0.05) is 24.3 Å². The predicted octanol–water partition coefficient (Wildman–Crippen LogP) is 4.84. The van der Waals surface area contributed by atoms with Crippen LogP contribution < -0.4 is 5.32 Å². The highest BCUT2D eigenvalue weighted by atomic mass is 16.1. The van der Waals surface area contributed by atoms with Gasteiger partial charge < -0.3 is 5.32 Å². The van der Waals surface area contributed by atoms with Gasteiger partial charge in [-0.05, 0) is 44.0 Å². The molecule has 0 aliphatic heterocycles. The first-order valence-corrected chi connectivity index (χ1v) is 11.4. The molecule has 1 amide bonds. The summed E-state index contributed by atoms with van der Waals surface area (Å²) in [4.78, 5) is 18.1. The molecule has 0 radical (unpaired) electrons. The SMILES string of the molecule is CC(C)n1ncc2c(C(=O)NCCc3cnn(-c4ccccc4)c3)cc(-c3ccccc3)nc21. The zero-order valence-electron chi connectivity index (χ0n) is 19.2. The number of carbonyl (C=O) groups excluding carboxylic acids is 1. The number of fused-ring (bicyclic) bond motifs is 1. The second kappa shape index (κ2) is 9.31. The Bertz CT molecular complexity index is 1420. The number of pyridine rings is 1. The Labute approximate surface area is 198 Å². The molecule has 0 unspecified atom stereocenters. The summed E-state index contributed by atoms with van der Waals surface area (Å²) in [6.07, 6.45) is 6.25. The van der Waals surface area contributed by atoms with Gasteiger partial charge in [-0.25, -0.2) is 14.3 Å². The molecule has 0 aliphatic carbocycles. The number of para-hydroxylation sites is 1. The van der Waals surface area contributed by atoms with Crippen LogP contribution >= 0.6 is 0 Å². The van der Waals surface area contributed by atoms with E-state index in [2.05, 4.69) is 29.4 Å². The number of nitrogens with zero attached hydrogens (tertiary/aromatic N) is 5. The zero-order valence-corrected chi connectivity index (χ0v) is 19.2. The molecule has 5 rings (SSSR count). The van der Waals surface area contributed by atoms with Gasteiger partial charge in [-0.3, -0.25) is 4.79 Å². The molecule has 3 aromatic heterocycles. The number of carbonyl (C=O) groups is 1. The van der Waals surface area contributed by atoms with Crippen molar-refractivity contribution >= 4 is 16.9 Å². The summed E-state index contributed by atoms with van der Waals surface area (Å²) in [5, 5.41) is 12.7. The quantitative estimate of drug-likeness (QED) is 0.385. The third-order valence-electron chi connectivity index (χ3n) is 5.73. The third kappa shape index (κ3) is 4.32. The Morgan fingerprint density at radius 3 is 2.44 bits per heavy atom. The molecule has 2 aromatic carbocycles. The average Bonchev–Trinajstić information content (AvgIpc) is 3.52. The van der Waals surface area contributed by atoms with Gasteiger partial charge in [-0.1, -0.05) is 48.5 Å². The molecule has 1 N–H and O–H groups in total. The van der Waals surface area contributed by atoms with E-state index in [1.807, 2.05) is 88.5 Å². The molecule has 0 saturated heterocycles. The van der Waals surface area contributed by atoms with Crippen LogP contribution in [0.25, 0.3) is 28.0 Å². The topological polar surface area (TPSA) is 77.6 Å². The fraction of sp³-hybridized carbons (Fsp3) is 0.185. The van der Waals surface area contributed by atoms with Crippen LogP contribution in [0.3, 0.4) is 0 Å². The lowest BCUT2D eigenvalue weighted by atomic mass is 10.1. The fourth-order valence-electron chi connectivity index (χ4n) is 3.97. The summed E-state index contributed by atoms with van der Waals surface area (Å²) in [6, 6.07) is 21.8. The molecule has 3 heterocycles. The van der Waals surface area contributed by atoms with E-state index in [1.54, 1.807) is 6.20 Å². The minimum atomic E-state index is -0.136. The molecule has 0 atom stereocenters. The Balaban J connectivity index is 1.37. The van der Waals surface area contributed by atoms with Gasteiger partial charge in [0.25, 0.3) is 5.91 Å². The summed E-state index contributed by atoms with van der Waals surface area (Å²) < 4.78 is 3.70. The minimum Gasteiger partial charge on any atom is -0.352 e. The van der Waals surface area contributed by atoms with Gasteiger partial charge in [-0.2, -0.15) is 10.2 Å². The largest absolute Gasteiger partial charge is 0.352 e. The van der Waals surface area contributed by atoms with Crippen molar-refractivity contribution < 1.29 is 4.79 Å². The van der Waals surface area contributed by atoms with Crippen molar-refractivity contribution in [1.29, 1.82) is 0 Å². The molecule has 0 spiro atoms. The second-order valence-electron chi connectivity index (χ2n) is 8.48. The van der Waals surface area contributed by atoms with Gasteiger partial charge in [-0.15, -0.1) is 0 Å². The normalized spacial score (nSPS) is 11.3. The summed E-state index contributed by atoms with van der Waals surface area (Å²) in [6.45, 7) is 4.61. The maximum Gasteiger partial charge on any atom is 0.252 e. The number of hydrogen-bond donors (Lipinski definition) is 1. The Hall–Kier alpha value is -4.26. The van der Waals surface area contributed by atoms with Crippen LogP contribution in [0.5, 0.6) is 0 Å². The van der Waals surface area contributed by atoms with E-state index in [1.165, 1.54) is 0 Å². The van der Waals surface area contributed by atoms with Crippen molar-refractivity contribution in [2.24, 2.45) is 0 Å². The molecule has 7 nitrogen and oxygen atoms in total. The van der Waals surface area contributed by atoms with Crippen LogP contribution in [0.4, 0.5) is 0 Å². The van der Waals surface area contributed by atoms with Gasteiger partial charge in [0.1, 0.15) is 0 Å². The second-order valence-corrected chi connectivity index (χ2v) is 8.48. The Morgan fingerprint density at radius 2 is 1.71 bits per heavy atom. The van der Waals surface area contributed by atoms with E-state index in [4.69, 9.17) is 4.98 Å². The first kappa shape index (κ1) is 21.6. The lowest BCUT2D eigenvalue weighted by Crippen LogP contribution is -2.26. The zero-order chi connectivity index (χ0) is 23.5. The maximum atomic E-state index is 13.2. The highest BCUT2D eigenvalue weighted by molar-refractivity contribution is 6.06. The van der Waals surface area contributed by atoms with E-state index < -0.39 is 0 Å². The third-order valence-corrected chi connectivity index (χ3v) is 5.73. The van der Waals surface area contributed by atoms with Crippen LogP contribution in [0.1, 0.15) is 35.8 Å². The Morgan fingerprint density at radius 1 is 0.971 bits per heavy atom. The molecule has 5 aromatic rings. The van der Waals surface area contributed by atoms with Crippen LogP contribution in [0.15, 0.2) is 85.3 Å². The van der Waals surface area contributed by atoms with E-state index in [9.17, 15) is 4.79 Å². The molecule has 170 valence electrons. The highest BCUT2D eigenvalue weighted by Crippen LogP contribution is 2.26. The molecular weight excluding hydrogens is 424 g/mol. The molecule has 34 heavy (non-hydrogen) atoms. The highest BCUT2D eigenvalue weighted by Gasteiger charge is 2.18. The van der Waals surface area contributed by atoms with Gasteiger partial charge in [0.05, 0.1) is 34.7 Å². The predicted molar refractivity (Wildman–Crippen MR) is 133 cm³/mol. The first-order chi connectivity index (χ1) is 16.6. The first-order valence-electron chi connectivity index (χ1n) is 11.4. The van der Waals surface area contributed by atoms with Crippen molar-refractivity contribution in [2.45, 2.75) is 26.3 Å². The maximum absolute atomic E-state index is 13.2. The average molecular weight is 451 g/mol. The molecular formula is C27H26N6O. The molecule has 0 aliphatic rings. The van der Waals surface area contributed by atoms with Crippen molar-refractivity contribution in [3.8, 4) is 16.9 Å². The van der Waals surface area contributed by atoms with Gasteiger partial charge in [0.2, 0.25) is 0 Å². The minimum absolute atomic E-state index is 0.132. The Kier molecular flexibility index (Phi) is 5.91. The fourth-order valence-corrected chi connectivity index (χ4v) is 3.97. The van der Waals surface area contributed by atoms with E-state index >= 15 is 0 Å². The van der Waals surface area contributed by atoms with Crippen molar-refractivity contribution in [3.05, 3.63) is 96.4 Å². The molecule has 0 bridgehead atoms. The monoisotopic (exact) mass is 450 g/mol. The number of rotatable bonds is 7. The summed E-state index contributed by atoms with van der Waals surface area (Å²) >= 11 is 0. The number of amides is 1. The van der Waals surface area contributed by atoms with Crippen molar-refractivity contribution in [2.75, 3.05) is 6.54 Å². The molecule has 0 fully saturated rings. The summed E-state index contributed by atoms with van der Waals surface area (Å²) in [5.74, 6) is -0.136. The van der Waals surface area contributed by atoms with Crippen LogP contribution in [-0.2, 0) is 6.42 Å². The standard InChI is InChI=1S/C27H26N6O/c1-19(2)33-26-24(17-30-33)23(15-25(31-26)21-9-5-3-6-10-21)27(34)28-14-13-20-16-29-32(18-20)22-11-7-4-8-12-22/h3-12,15-19H,13-14H2,1-2H3,(H,28,34). The van der Waals surface area contributed by atoms with E-state index in [0.717, 1.165) is 27.9 Å². The number of nitrogens with one attached hydrogen (secondary N) is 1. The van der Waals surface area contributed by atoms with Crippen LogP contribution in [-0.4, -0.2) is 37.0 Å². The van der Waals surface area contributed by atoms with E-state index in [0.29, 0.717) is 24.2 Å². The number of benzene rings is 2. The van der Waals surface area contributed by atoms with Crippen molar-refractivity contribution in [3.63, 3.8) is 0 Å². The van der Waals surface area contributed by atoms with E-state index in [-0.39, 0.29) is 11.9 Å². The summed E-state index contributed by atoms with van der Waals surface area (Å²) in [7, 11) is 0.